The van der Waals surface area contributed by atoms with Crippen LogP contribution in [0.15, 0.2) is 47.3 Å². The molecule has 1 aromatic carbocycles. The lowest BCUT2D eigenvalue weighted by molar-refractivity contribution is -0.139. The lowest BCUT2D eigenvalue weighted by Gasteiger charge is -2.27. The van der Waals surface area contributed by atoms with E-state index in [1.54, 1.807) is 28.0 Å². The lowest BCUT2D eigenvalue weighted by atomic mass is 9.90. The van der Waals surface area contributed by atoms with E-state index in [1.807, 2.05) is 31.2 Å². The number of ether oxygens (including phenoxy) is 1. The number of fused-ring (bicyclic) bond motifs is 3. The quantitative estimate of drug-likeness (QED) is 0.223. The molecule has 1 aliphatic carbocycles. The molecule has 3 aromatic heterocycles. The summed E-state index contributed by atoms with van der Waals surface area (Å²) in [5.41, 5.74) is 3.68. The second-order valence-corrected chi connectivity index (χ2v) is 13.5. The second-order valence-electron chi connectivity index (χ2n) is 12.6. The summed E-state index contributed by atoms with van der Waals surface area (Å²) in [7, 11) is 0. The summed E-state index contributed by atoms with van der Waals surface area (Å²) in [4.78, 5) is 68.4. The molecule has 2 aliphatic heterocycles. The summed E-state index contributed by atoms with van der Waals surface area (Å²) in [5.74, 6) is 0.239. The topological polar surface area (TPSA) is 137 Å². The predicted molar refractivity (Wildman–Crippen MR) is 171 cm³/mol. The minimum absolute atomic E-state index is 0.0684. The minimum atomic E-state index is -0.638. The molecule has 3 atom stereocenters. The van der Waals surface area contributed by atoms with Gasteiger partial charge in [0.25, 0.3) is 0 Å². The fourth-order valence-corrected chi connectivity index (χ4v) is 7.42. The highest BCUT2D eigenvalue weighted by molar-refractivity contribution is 9.10. The number of ketones is 3. The molecule has 0 N–H and O–H groups in total. The number of nitrogens with zero attached hydrogens (tertiary/aromatic N) is 6. The van der Waals surface area contributed by atoms with E-state index in [0.717, 1.165) is 23.1 Å². The SMILES string of the molecule is CC(=O)c1nn(CC(=O)N2[C@H]3C[C@@]4(CCC(=O)CCOCc5ccc(Br)nc5CC3=O)C[C@@H]24)c2ccc(-c3cnc(C)nc3)cc12. The number of piperidine rings is 1. The normalized spacial score (nSPS) is 23.2. The number of Topliss-reactive ketones (excluding diaryl/α,β-unsaturated/α-hetero) is 3. The molecule has 2 bridgehead atoms. The van der Waals surface area contributed by atoms with E-state index in [4.69, 9.17) is 4.74 Å². The Balaban J connectivity index is 1.20. The number of hydrogen-bond donors (Lipinski definition) is 0. The van der Waals surface area contributed by atoms with Crippen LogP contribution in [-0.2, 0) is 38.7 Å². The molecule has 0 unspecified atom stereocenters. The first-order valence-electron chi connectivity index (χ1n) is 15.5. The van der Waals surface area contributed by atoms with Crippen molar-refractivity contribution in [3.63, 3.8) is 0 Å². The van der Waals surface area contributed by atoms with Crippen LogP contribution >= 0.6 is 15.9 Å². The average molecular weight is 686 g/mol. The maximum absolute atomic E-state index is 14.2. The van der Waals surface area contributed by atoms with Gasteiger partial charge in [-0.25, -0.2) is 15.0 Å². The number of likely N-dealkylation sites (tertiary alicyclic amines) is 1. The Morgan fingerprint density at radius 2 is 1.87 bits per heavy atom. The van der Waals surface area contributed by atoms with E-state index in [-0.39, 0.29) is 60.0 Å². The van der Waals surface area contributed by atoms with Crippen molar-refractivity contribution in [1.82, 2.24) is 29.6 Å². The highest BCUT2D eigenvalue weighted by atomic mass is 79.9. The third kappa shape index (κ3) is 5.68. The van der Waals surface area contributed by atoms with Crippen LogP contribution < -0.4 is 0 Å². The predicted octanol–water partition coefficient (Wildman–Crippen LogP) is 4.60. The average Bonchev–Trinajstić information content (AvgIpc) is 3.45. The summed E-state index contributed by atoms with van der Waals surface area (Å²) < 4.78 is 7.95. The van der Waals surface area contributed by atoms with Gasteiger partial charge in [-0.3, -0.25) is 23.9 Å². The number of rotatable bonds is 4. The van der Waals surface area contributed by atoms with Gasteiger partial charge in [0.1, 0.15) is 28.4 Å². The largest absolute Gasteiger partial charge is 0.376 e. The molecule has 4 aromatic rings. The van der Waals surface area contributed by atoms with Gasteiger partial charge in [-0.05, 0) is 76.9 Å². The molecule has 12 heteroatoms. The molecular weight excluding hydrogens is 652 g/mol. The monoisotopic (exact) mass is 684 g/mol. The van der Waals surface area contributed by atoms with Crippen LogP contribution in [-0.4, -0.2) is 71.6 Å². The summed E-state index contributed by atoms with van der Waals surface area (Å²) in [6.45, 7) is 3.71. The second kappa shape index (κ2) is 11.9. The van der Waals surface area contributed by atoms with Crippen LogP contribution in [0.4, 0.5) is 0 Å². The maximum Gasteiger partial charge on any atom is 0.245 e. The highest BCUT2D eigenvalue weighted by Gasteiger charge is 2.66. The molecule has 46 heavy (non-hydrogen) atoms. The lowest BCUT2D eigenvalue weighted by Crippen LogP contribution is -2.45. The molecule has 1 amide bonds. The van der Waals surface area contributed by atoms with E-state index in [0.29, 0.717) is 59.3 Å². The van der Waals surface area contributed by atoms with Gasteiger partial charge in [0.05, 0.1) is 36.9 Å². The zero-order chi connectivity index (χ0) is 32.2. The van der Waals surface area contributed by atoms with Gasteiger partial charge in [-0.15, -0.1) is 0 Å². The van der Waals surface area contributed by atoms with Gasteiger partial charge in [-0.1, -0.05) is 12.1 Å². The number of hydrogen-bond acceptors (Lipinski definition) is 9. The van der Waals surface area contributed by atoms with Crippen molar-refractivity contribution >= 4 is 50.1 Å². The molecule has 1 saturated heterocycles. The van der Waals surface area contributed by atoms with Crippen molar-refractivity contribution in [3.05, 3.63) is 70.1 Å². The van der Waals surface area contributed by atoms with Crippen molar-refractivity contribution < 1.29 is 23.9 Å². The number of carbonyl (C=O) groups is 4. The fourth-order valence-electron chi connectivity index (χ4n) is 7.07. The van der Waals surface area contributed by atoms with E-state index in [9.17, 15) is 19.2 Å². The van der Waals surface area contributed by atoms with Crippen LogP contribution in [0.25, 0.3) is 22.0 Å². The standard InChI is InChI=1S/C34H33BrN6O5/c1-19(42)33-25-11-21(23-15-36-20(2)37-16-23)3-5-27(25)40(39-33)17-32(45)41-28-13-34(14-30(34)41)9-7-24(43)8-10-46-18-22-4-6-31(35)38-26(22)12-29(28)44/h3-6,11,15-16,28,30H,7-10,12-14,17-18H2,1-2H3/t28-,30+,34-/m0/s1. The third-order valence-corrected chi connectivity index (χ3v) is 10.1. The molecule has 1 spiro atoms. The Labute approximate surface area is 273 Å². The molecule has 236 valence electrons. The zero-order valence-electron chi connectivity index (χ0n) is 25.7. The summed E-state index contributed by atoms with van der Waals surface area (Å²) in [6.07, 6.45) is 6.17. The van der Waals surface area contributed by atoms with Crippen molar-refractivity contribution in [1.29, 1.82) is 0 Å². The maximum atomic E-state index is 14.2. The Morgan fingerprint density at radius 3 is 2.65 bits per heavy atom. The number of amides is 1. The van der Waals surface area contributed by atoms with E-state index in [2.05, 4.69) is 36.0 Å². The molecule has 2 fully saturated rings. The molecule has 11 nitrogen and oxygen atoms in total. The number of halogens is 1. The van der Waals surface area contributed by atoms with Crippen molar-refractivity contribution in [2.45, 2.75) is 77.6 Å². The van der Waals surface area contributed by atoms with Crippen LogP contribution in [0.2, 0.25) is 0 Å². The van der Waals surface area contributed by atoms with E-state index < -0.39 is 6.04 Å². The Bertz CT molecular complexity index is 1910. The van der Waals surface area contributed by atoms with Crippen molar-refractivity contribution in [2.24, 2.45) is 5.41 Å². The fraction of sp³-hybridized carbons (Fsp3) is 0.412. The Kier molecular flexibility index (Phi) is 7.88. The first kappa shape index (κ1) is 30.5. The van der Waals surface area contributed by atoms with Crippen molar-refractivity contribution in [3.8, 4) is 11.1 Å². The van der Waals surface area contributed by atoms with Gasteiger partial charge < -0.3 is 9.64 Å². The summed E-state index contributed by atoms with van der Waals surface area (Å²) in [6, 6.07) is 8.53. The van der Waals surface area contributed by atoms with Gasteiger partial charge >= 0.3 is 0 Å². The first-order valence-corrected chi connectivity index (χ1v) is 16.3. The van der Waals surface area contributed by atoms with Crippen molar-refractivity contribution in [2.75, 3.05) is 6.61 Å². The van der Waals surface area contributed by atoms with Crippen LogP contribution in [0.1, 0.15) is 66.6 Å². The number of pyridine rings is 1. The molecule has 1 saturated carbocycles. The van der Waals surface area contributed by atoms with Gasteiger partial charge in [0, 0.05) is 49.2 Å². The Morgan fingerprint density at radius 1 is 1.07 bits per heavy atom. The molecular formula is C34H33BrN6O5. The molecule has 3 aliphatic rings. The summed E-state index contributed by atoms with van der Waals surface area (Å²) >= 11 is 3.42. The number of aromatic nitrogens is 5. The Hall–Kier alpha value is -4.16. The van der Waals surface area contributed by atoms with Crippen LogP contribution in [0.3, 0.4) is 0 Å². The van der Waals surface area contributed by atoms with Gasteiger partial charge in [0.2, 0.25) is 5.91 Å². The smallest absolute Gasteiger partial charge is 0.245 e. The van der Waals surface area contributed by atoms with Gasteiger partial charge in [0.15, 0.2) is 11.6 Å². The van der Waals surface area contributed by atoms with E-state index in [1.165, 1.54) is 6.92 Å². The summed E-state index contributed by atoms with van der Waals surface area (Å²) in [5, 5.41) is 5.21. The minimum Gasteiger partial charge on any atom is -0.376 e. The number of benzene rings is 1. The number of aryl methyl sites for hydroxylation is 1. The highest BCUT2D eigenvalue weighted by Crippen LogP contribution is 2.62. The first-order chi connectivity index (χ1) is 22.1. The van der Waals surface area contributed by atoms with Gasteiger partial charge in [-0.2, -0.15) is 5.10 Å². The molecule has 0 radical (unpaired) electrons. The van der Waals surface area contributed by atoms with E-state index >= 15 is 0 Å². The zero-order valence-corrected chi connectivity index (χ0v) is 27.2. The third-order valence-electron chi connectivity index (χ3n) is 9.62. The molecule has 7 rings (SSSR count). The van der Waals surface area contributed by atoms with Crippen LogP contribution in [0.5, 0.6) is 0 Å². The molecule has 5 heterocycles. The number of carbonyl (C=O) groups excluding carboxylic acids is 4. The van der Waals surface area contributed by atoms with Crippen LogP contribution in [0, 0.1) is 12.3 Å².